The molecule has 5 heteroatoms. The van der Waals surface area contributed by atoms with Crippen molar-refractivity contribution in [1.82, 2.24) is 0 Å². The van der Waals surface area contributed by atoms with Gasteiger partial charge < -0.3 is 10.5 Å². The lowest BCUT2D eigenvalue weighted by Gasteiger charge is -2.18. The van der Waals surface area contributed by atoms with Gasteiger partial charge in [-0.25, -0.2) is 4.39 Å². The van der Waals surface area contributed by atoms with Gasteiger partial charge in [-0.3, -0.25) is 0 Å². The third kappa shape index (κ3) is 2.99. The Bertz CT molecular complexity index is 584. The number of halogens is 3. The predicted octanol–water partition coefficient (Wildman–Crippen LogP) is 4.41. The second kappa shape index (κ2) is 6.03. The van der Waals surface area contributed by atoms with E-state index in [1.54, 1.807) is 25.3 Å². The van der Waals surface area contributed by atoms with E-state index in [0.717, 1.165) is 10.0 Å². The second-order valence-electron chi connectivity index (χ2n) is 4.00. The van der Waals surface area contributed by atoms with E-state index in [-0.39, 0.29) is 5.82 Å². The molecule has 0 saturated heterocycles. The Labute approximate surface area is 128 Å². The predicted molar refractivity (Wildman–Crippen MR) is 80.8 cm³/mol. The fraction of sp³-hybridized carbons (Fsp3) is 0.143. The molecule has 0 saturated carbocycles. The number of nitrogens with two attached hydrogens (primary N) is 1. The normalized spacial score (nSPS) is 12.3. The van der Waals surface area contributed by atoms with Gasteiger partial charge in [0.2, 0.25) is 0 Å². The molecule has 2 nitrogen and oxygen atoms in total. The van der Waals surface area contributed by atoms with Gasteiger partial charge in [-0.15, -0.1) is 0 Å². The molecule has 19 heavy (non-hydrogen) atoms. The smallest absolute Gasteiger partial charge is 0.129 e. The minimum absolute atomic E-state index is 0.344. The molecule has 0 spiro atoms. The topological polar surface area (TPSA) is 35.2 Å². The highest BCUT2D eigenvalue weighted by molar-refractivity contribution is 9.10. The summed E-state index contributed by atoms with van der Waals surface area (Å²) in [6.45, 7) is 0. The van der Waals surface area contributed by atoms with E-state index < -0.39 is 6.04 Å². The first-order valence-corrected chi connectivity index (χ1v) is 7.16. The Morgan fingerprint density at radius 1 is 1.21 bits per heavy atom. The van der Waals surface area contributed by atoms with Crippen LogP contribution < -0.4 is 10.5 Å². The van der Waals surface area contributed by atoms with Gasteiger partial charge in [-0.2, -0.15) is 0 Å². The third-order valence-corrected chi connectivity index (χ3v) is 4.02. The van der Waals surface area contributed by atoms with E-state index in [1.807, 2.05) is 12.1 Å². The Morgan fingerprint density at radius 3 is 2.58 bits per heavy atom. The molecule has 2 aromatic rings. The van der Waals surface area contributed by atoms with Gasteiger partial charge in [0.05, 0.1) is 13.2 Å². The number of methoxy groups -OCH3 is 1. The van der Waals surface area contributed by atoms with Gasteiger partial charge in [0.15, 0.2) is 0 Å². The SMILES string of the molecule is COc1ccc(Br)cc1C(N)c1c(F)cccc1Br. The average molecular weight is 389 g/mol. The van der Waals surface area contributed by atoms with E-state index >= 15 is 0 Å². The van der Waals surface area contributed by atoms with Gasteiger partial charge >= 0.3 is 0 Å². The van der Waals surface area contributed by atoms with Gasteiger partial charge in [-0.1, -0.05) is 37.9 Å². The van der Waals surface area contributed by atoms with Crippen LogP contribution in [0, 0.1) is 5.82 Å². The van der Waals surface area contributed by atoms with E-state index in [2.05, 4.69) is 31.9 Å². The summed E-state index contributed by atoms with van der Waals surface area (Å²) in [5, 5.41) is 0. The summed E-state index contributed by atoms with van der Waals surface area (Å²) in [5.41, 5.74) is 7.33. The molecule has 100 valence electrons. The number of rotatable bonds is 3. The standard InChI is InChI=1S/C14H12Br2FNO/c1-19-12-6-5-8(15)7-9(12)14(18)13-10(16)3-2-4-11(13)17/h2-7,14H,18H2,1H3. The molecular formula is C14H12Br2FNO. The maximum atomic E-state index is 14.0. The van der Waals surface area contributed by atoms with Crippen LogP contribution in [0.1, 0.15) is 17.2 Å². The fourth-order valence-electron chi connectivity index (χ4n) is 1.91. The summed E-state index contributed by atoms with van der Waals surface area (Å²) in [7, 11) is 1.57. The molecule has 2 rings (SSSR count). The van der Waals surface area contributed by atoms with Crippen LogP contribution in [-0.2, 0) is 0 Å². The molecule has 1 unspecified atom stereocenters. The fourth-order valence-corrected chi connectivity index (χ4v) is 2.88. The van der Waals surface area contributed by atoms with Crippen LogP contribution in [0.2, 0.25) is 0 Å². The maximum absolute atomic E-state index is 14.0. The van der Waals surface area contributed by atoms with Crippen LogP contribution in [0.15, 0.2) is 45.3 Å². The van der Waals surface area contributed by atoms with E-state index in [0.29, 0.717) is 15.8 Å². The molecule has 0 amide bonds. The molecule has 0 heterocycles. The largest absolute Gasteiger partial charge is 0.496 e. The molecule has 0 radical (unpaired) electrons. The molecule has 0 fully saturated rings. The second-order valence-corrected chi connectivity index (χ2v) is 5.77. The first kappa shape index (κ1) is 14.5. The van der Waals surface area contributed by atoms with Crippen molar-refractivity contribution in [2.45, 2.75) is 6.04 Å². The highest BCUT2D eigenvalue weighted by Crippen LogP contribution is 2.35. The van der Waals surface area contributed by atoms with E-state index in [9.17, 15) is 4.39 Å². The van der Waals surface area contributed by atoms with Crippen molar-refractivity contribution >= 4 is 31.9 Å². The summed E-state index contributed by atoms with van der Waals surface area (Å²) < 4.78 is 20.8. The molecule has 0 aromatic heterocycles. The molecule has 0 aliphatic heterocycles. The lowest BCUT2D eigenvalue weighted by atomic mass is 9.98. The molecule has 0 bridgehead atoms. The highest BCUT2D eigenvalue weighted by Gasteiger charge is 2.20. The minimum atomic E-state index is -0.608. The van der Waals surface area contributed by atoms with Gasteiger partial charge in [-0.05, 0) is 30.3 Å². The van der Waals surface area contributed by atoms with E-state index in [1.165, 1.54) is 6.07 Å². The molecule has 0 aliphatic carbocycles. The average Bonchev–Trinajstić information content (AvgIpc) is 2.38. The summed E-state index contributed by atoms with van der Waals surface area (Å²) in [5.74, 6) is 0.287. The summed E-state index contributed by atoms with van der Waals surface area (Å²) in [4.78, 5) is 0. The van der Waals surface area contributed by atoms with Crippen LogP contribution in [0.25, 0.3) is 0 Å². The monoisotopic (exact) mass is 387 g/mol. The Hall–Kier alpha value is -0.910. The zero-order chi connectivity index (χ0) is 14.0. The van der Waals surface area contributed by atoms with Crippen molar-refractivity contribution in [3.63, 3.8) is 0 Å². The third-order valence-electron chi connectivity index (χ3n) is 2.84. The molecular weight excluding hydrogens is 377 g/mol. The van der Waals surface area contributed by atoms with Crippen molar-refractivity contribution < 1.29 is 9.13 Å². The Morgan fingerprint density at radius 2 is 1.95 bits per heavy atom. The van der Waals surface area contributed by atoms with Crippen LogP contribution in [0.5, 0.6) is 5.75 Å². The van der Waals surface area contributed by atoms with Gasteiger partial charge in [0.25, 0.3) is 0 Å². The van der Waals surface area contributed by atoms with Crippen molar-refractivity contribution in [1.29, 1.82) is 0 Å². The van der Waals surface area contributed by atoms with Gasteiger partial charge in [0.1, 0.15) is 11.6 Å². The van der Waals surface area contributed by atoms with Crippen molar-refractivity contribution in [2.24, 2.45) is 5.73 Å². The van der Waals surface area contributed by atoms with Crippen LogP contribution >= 0.6 is 31.9 Å². The number of hydrogen-bond acceptors (Lipinski definition) is 2. The van der Waals surface area contributed by atoms with Crippen LogP contribution in [-0.4, -0.2) is 7.11 Å². The molecule has 2 N–H and O–H groups in total. The Balaban J connectivity index is 2.55. The molecule has 1 atom stereocenters. The quantitative estimate of drug-likeness (QED) is 0.845. The molecule has 0 aliphatic rings. The highest BCUT2D eigenvalue weighted by atomic mass is 79.9. The lowest BCUT2D eigenvalue weighted by molar-refractivity contribution is 0.407. The summed E-state index contributed by atoms with van der Waals surface area (Å²) in [6, 6.07) is 9.67. The van der Waals surface area contributed by atoms with Crippen molar-refractivity contribution in [3.8, 4) is 5.75 Å². The Kier molecular flexibility index (Phi) is 4.60. The van der Waals surface area contributed by atoms with Gasteiger partial charge in [0, 0.05) is 20.1 Å². The zero-order valence-electron chi connectivity index (χ0n) is 10.2. The summed E-state index contributed by atoms with van der Waals surface area (Å²) in [6.07, 6.45) is 0. The molecule has 2 aromatic carbocycles. The first-order chi connectivity index (χ1) is 9.04. The summed E-state index contributed by atoms with van der Waals surface area (Å²) >= 11 is 6.72. The number of hydrogen-bond donors (Lipinski definition) is 1. The maximum Gasteiger partial charge on any atom is 0.129 e. The minimum Gasteiger partial charge on any atom is -0.496 e. The number of benzene rings is 2. The first-order valence-electron chi connectivity index (χ1n) is 5.57. The van der Waals surface area contributed by atoms with Crippen molar-refractivity contribution in [2.75, 3.05) is 7.11 Å². The van der Waals surface area contributed by atoms with Crippen molar-refractivity contribution in [3.05, 3.63) is 62.3 Å². The zero-order valence-corrected chi connectivity index (χ0v) is 13.3. The van der Waals surface area contributed by atoms with Crippen LogP contribution in [0.3, 0.4) is 0 Å². The lowest BCUT2D eigenvalue weighted by Crippen LogP contribution is -2.15. The van der Waals surface area contributed by atoms with Crippen LogP contribution in [0.4, 0.5) is 4.39 Å². The number of ether oxygens (including phenoxy) is 1. The van der Waals surface area contributed by atoms with E-state index in [4.69, 9.17) is 10.5 Å².